The highest BCUT2D eigenvalue weighted by Crippen LogP contribution is 2.33. The Hall–Kier alpha value is -3.12. The topological polar surface area (TPSA) is 86.6 Å². The lowest BCUT2D eigenvalue weighted by Crippen LogP contribution is -2.10. The second-order valence-corrected chi connectivity index (χ2v) is 6.45. The zero-order chi connectivity index (χ0) is 17.8. The fourth-order valence-electron chi connectivity index (χ4n) is 2.41. The van der Waals surface area contributed by atoms with E-state index in [1.165, 1.54) is 23.5 Å². The van der Waals surface area contributed by atoms with Gasteiger partial charge in [-0.15, -0.1) is 11.3 Å². The second-order valence-electron chi connectivity index (χ2n) is 5.40. The smallest absolute Gasteiger partial charge is 0.307 e. The average Bonchev–Trinajstić information content (AvgIpc) is 3.01. The summed E-state index contributed by atoms with van der Waals surface area (Å²) in [5.74, 6) is -1.14. The first-order valence-electron chi connectivity index (χ1n) is 7.53. The van der Waals surface area contributed by atoms with Gasteiger partial charge < -0.3 is 15.5 Å². The van der Waals surface area contributed by atoms with Crippen LogP contribution in [-0.4, -0.2) is 22.1 Å². The molecule has 0 saturated heterocycles. The largest absolute Gasteiger partial charge is 0.508 e. The molecule has 0 unspecified atom stereocenters. The minimum absolute atomic E-state index is 0.115. The van der Waals surface area contributed by atoms with E-state index in [-0.39, 0.29) is 18.1 Å². The number of rotatable bonds is 5. The number of carbonyl (C=O) groups excluding carboxylic acids is 1. The Kier molecular flexibility index (Phi) is 4.81. The molecule has 1 amide bonds. The molecule has 3 aromatic rings. The van der Waals surface area contributed by atoms with Crippen LogP contribution in [-0.2, 0) is 11.2 Å². The maximum Gasteiger partial charge on any atom is 0.307 e. The zero-order valence-electron chi connectivity index (χ0n) is 13.1. The third-order valence-electron chi connectivity index (χ3n) is 3.54. The van der Waals surface area contributed by atoms with E-state index in [4.69, 9.17) is 5.11 Å². The molecule has 5 nitrogen and oxygen atoms in total. The van der Waals surface area contributed by atoms with Crippen LogP contribution in [0.25, 0.3) is 10.4 Å². The SMILES string of the molecule is O=C(O)Cc1cc(C(=O)Nc2ccc(O)cc2)sc1-c1ccccc1. The predicted molar refractivity (Wildman–Crippen MR) is 97.2 cm³/mol. The molecule has 3 rings (SSSR count). The number of thiophene rings is 1. The van der Waals surface area contributed by atoms with Crippen molar-refractivity contribution >= 4 is 28.9 Å². The summed E-state index contributed by atoms with van der Waals surface area (Å²) in [6, 6.07) is 17.2. The van der Waals surface area contributed by atoms with Gasteiger partial charge in [0.15, 0.2) is 0 Å². The Balaban J connectivity index is 1.91. The van der Waals surface area contributed by atoms with Crippen LogP contribution in [0, 0.1) is 0 Å². The van der Waals surface area contributed by atoms with Gasteiger partial charge >= 0.3 is 5.97 Å². The van der Waals surface area contributed by atoms with Crippen molar-refractivity contribution in [2.45, 2.75) is 6.42 Å². The number of anilines is 1. The van der Waals surface area contributed by atoms with Gasteiger partial charge in [0.2, 0.25) is 0 Å². The Bertz CT molecular complexity index is 901. The summed E-state index contributed by atoms with van der Waals surface area (Å²) in [6.07, 6.45) is -0.146. The first-order chi connectivity index (χ1) is 12.0. The van der Waals surface area contributed by atoms with E-state index in [1.807, 2.05) is 30.3 Å². The molecular formula is C19H15NO4S. The van der Waals surface area contributed by atoms with Crippen molar-refractivity contribution in [1.29, 1.82) is 0 Å². The molecule has 6 heteroatoms. The van der Waals surface area contributed by atoms with Gasteiger partial charge in [0.25, 0.3) is 5.91 Å². The van der Waals surface area contributed by atoms with Gasteiger partial charge in [-0.2, -0.15) is 0 Å². The quantitative estimate of drug-likeness (QED) is 0.605. The van der Waals surface area contributed by atoms with Crippen molar-refractivity contribution in [2.75, 3.05) is 5.32 Å². The van der Waals surface area contributed by atoms with Crippen LogP contribution in [0.4, 0.5) is 5.69 Å². The Labute approximate surface area is 148 Å². The molecule has 0 radical (unpaired) electrons. The molecule has 2 aromatic carbocycles. The summed E-state index contributed by atoms with van der Waals surface area (Å²) in [7, 11) is 0. The van der Waals surface area contributed by atoms with Crippen LogP contribution in [0.15, 0.2) is 60.7 Å². The van der Waals surface area contributed by atoms with Gasteiger partial charge in [-0.05, 0) is 41.5 Å². The number of benzene rings is 2. The van der Waals surface area contributed by atoms with E-state index in [2.05, 4.69) is 5.32 Å². The molecule has 0 bridgehead atoms. The van der Waals surface area contributed by atoms with Crippen molar-refractivity contribution < 1.29 is 19.8 Å². The van der Waals surface area contributed by atoms with Gasteiger partial charge in [0, 0.05) is 10.6 Å². The van der Waals surface area contributed by atoms with Crippen molar-refractivity contribution in [3.8, 4) is 16.2 Å². The van der Waals surface area contributed by atoms with Gasteiger partial charge in [0.05, 0.1) is 11.3 Å². The molecule has 126 valence electrons. The molecule has 0 aliphatic carbocycles. The molecule has 0 atom stereocenters. The van der Waals surface area contributed by atoms with Crippen LogP contribution >= 0.6 is 11.3 Å². The summed E-state index contributed by atoms with van der Waals surface area (Å²) in [4.78, 5) is 24.8. The lowest BCUT2D eigenvalue weighted by atomic mass is 10.1. The number of aromatic hydroxyl groups is 1. The lowest BCUT2D eigenvalue weighted by Gasteiger charge is -2.03. The number of carbonyl (C=O) groups is 2. The lowest BCUT2D eigenvalue weighted by molar-refractivity contribution is -0.136. The molecule has 1 aromatic heterocycles. The summed E-state index contributed by atoms with van der Waals surface area (Å²) in [5.41, 5.74) is 2.05. The van der Waals surface area contributed by atoms with E-state index in [1.54, 1.807) is 18.2 Å². The molecular weight excluding hydrogens is 338 g/mol. The number of carboxylic acid groups (broad SMARTS) is 1. The van der Waals surface area contributed by atoms with Crippen LogP contribution in [0.5, 0.6) is 5.75 Å². The molecule has 0 spiro atoms. The van der Waals surface area contributed by atoms with Crippen LogP contribution in [0.2, 0.25) is 0 Å². The molecule has 1 heterocycles. The van der Waals surface area contributed by atoms with Crippen LogP contribution in [0.1, 0.15) is 15.2 Å². The molecule has 0 fully saturated rings. The first kappa shape index (κ1) is 16.7. The summed E-state index contributed by atoms with van der Waals surface area (Å²) in [5, 5.41) is 21.2. The third kappa shape index (κ3) is 4.05. The summed E-state index contributed by atoms with van der Waals surface area (Å²) >= 11 is 1.26. The normalized spacial score (nSPS) is 10.4. The van der Waals surface area contributed by atoms with Crippen molar-refractivity contribution in [2.24, 2.45) is 0 Å². The minimum atomic E-state index is -0.944. The van der Waals surface area contributed by atoms with E-state index in [0.29, 0.717) is 16.1 Å². The van der Waals surface area contributed by atoms with Gasteiger partial charge in [-0.3, -0.25) is 9.59 Å². The average molecular weight is 353 g/mol. The van der Waals surface area contributed by atoms with Crippen LogP contribution in [0.3, 0.4) is 0 Å². The molecule has 3 N–H and O–H groups in total. The fraction of sp³-hybridized carbons (Fsp3) is 0.0526. The summed E-state index contributed by atoms with van der Waals surface area (Å²) < 4.78 is 0. The maximum absolute atomic E-state index is 12.5. The minimum Gasteiger partial charge on any atom is -0.508 e. The number of hydrogen-bond acceptors (Lipinski definition) is 4. The van der Waals surface area contributed by atoms with Crippen LogP contribution < -0.4 is 5.32 Å². The number of nitrogens with one attached hydrogen (secondary N) is 1. The standard InChI is InChI=1S/C19H15NO4S/c21-15-8-6-14(7-9-15)20-19(24)16-10-13(11-17(22)23)18(25-16)12-4-2-1-3-5-12/h1-10,21H,11H2,(H,20,24)(H,22,23). The Morgan fingerprint density at radius 1 is 1.00 bits per heavy atom. The highest BCUT2D eigenvalue weighted by Gasteiger charge is 2.18. The number of phenolic OH excluding ortho intramolecular Hbond substituents is 1. The molecule has 25 heavy (non-hydrogen) atoms. The third-order valence-corrected chi connectivity index (χ3v) is 4.76. The van der Waals surface area contributed by atoms with E-state index < -0.39 is 5.97 Å². The van der Waals surface area contributed by atoms with Gasteiger partial charge in [0.1, 0.15) is 5.75 Å². The number of amides is 1. The Morgan fingerprint density at radius 3 is 2.32 bits per heavy atom. The van der Waals surface area contributed by atoms with E-state index >= 15 is 0 Å². The second kappa shape index (κ2) is 7.19. The van der Waals surface area contributed by atoms with E-state index in [9.17, 15) is 14.7 Å². The maximum atomic E-state index is 12.5. The highest BCUT2D eigenvalue weighted by atomic mass is 32.1. The summed E-state index contributed by atoms with van der Waals surface area (Å²) in [6.45, 7) is 0. The van der Waals surface area contributed by atoms with E-state index in [0.717, 1.165) is 10.4 Å². The number of hydrogen-bond donors (Lipinski definition) is 3. The number of carboxylic acids is 1. The number of aliphatic carboxylic acids is 1. The highest BCUT2D eigenvalue weighted by molar-refractivity contribution is 7.17. The monoisotopic (exact) mass is 353 g/mol. The van der Waals surface area contributed by atoms with Gasteiger partial charge in [-0.1, -0.05) is 30.3 Å². The molecule has 0 aliphatic heterocycles. The van der Waals surface area contributed by atoms with Crippen molar-refractivity contribution in [3.63, 3.8) is 0 Å². The fourth-order valence-corrected chi connectivity index (χ4v) is 3.49. The zero-order valence-corrected chi connectivity index (χ0v) is 13.9. The molecule has 0 saturated carbocycles. The number of phenols is 1. The van der Waals surface area contributed by atoms with Crippen molar-refractivity contribution in [3.05, 3.63) is 71.1 Å². The first-order valence-corrected chi connectivity index (χ1v) is 8.35. The predicted octanol–water partition coefficient (Wildman–Crippen LogP) is 4.00. The Morgan fingerprint density at radius 2 is 1.68 bits per heavy atom. The van der Waals surface area contributed by atoms with Gasteiger partial charge in [-0.25, -0.2) is 0 Å². The molecule has 0 aliphatic rings. The van der Waals surface area contributed by atoms with Crippen molar-refractivity contribution in [1.82, 2.24) is 0 Å².